The topological polar surface area (TPSA) is 86.8 Å². The molecule has 0 aliphatic rings. The predicted octanol–water partition coefficient (Wildman–Crippen LogP) is 1.13. The van der Waals surface area contributed by atoms with Crippen molar-refractivity contribution in [3.05, 3.63) is 35.2 Å². The minimum absolute atomic E-state index is 0.121. The van der Waals surface area contributed by atoms with Gasteiger partial charge in [0.15, 0.2) is 5.82 Å². The van der Waals surface area contributed by atoms with Gasteiger partial charge in [0.25, 0.3) is 5.91 Å². The third kappa shape index (κ3) is 2.93. The number of hydrogen-bond donors (Lipinski definition) is 2. The van der Waals surface area contributed by atoms with Crippen molar-refractivity contribution in [2.45, 2.75) is 20.4 Å². The number of carbonyl (C=O) groups is 1. The Bertz CT molecular complexity index is 621. The van der Waals surface area contributed by atoms with Gasteiger partial charge in [-0.25, -0.2) is 4.98 Å². The number of amides is 1. The fraction of sp³-hybridized carbons (Fsp3) is 0.385. The molecule has 0 fully saturated rings. The van der Waals surface area contributed by atoms with Gasteiger partial charge < -0.3 is 10.2 Å². The van der Waals surface area contributed by atoms with Crippen molar-refractivity contribution in [3.63, 3.8) is 0 Å². The van der Waals surface area contributed by atoms with Crippen molar-refractivity contribution >= 4 is 11.6 Å². The zero-order valence-corrected chi connectivity index (χ0v) is 12.1. The summed E-state index contributed by atoms with van der Waals surface area (Å²) in [7, 11) is 3.50. The summed E-state index contributed by atoms with van der Waals surface area (Å²) in [4.78, 5) is 22.4. The van der Waals surface area contributed by atoms with Crippen LogP contribution in [0.15, 0.2) is 12.3 Å². The van der Waals surface area contributed by atoms with Crippen molar-refractivity contribution in [1.29, 1.82) is 0 Å². The van der Waals surface area contributed by atoms with Gasteiger partial charge in [0.1, 0.15) is 5.82 Å². The van der Waals surface area contributed by atoms with Gasteiger partial charge in [0.2, 0.25) is 0 Å². The van der Waals surface area contributed by atoms with Crippen LogP contribution in [-0.2, 0) is 6.54 Å². The zero-order chi connectivity index (χ0) is 14.7. The highest BCUT2D eigenvalue weighted by molar-refractivity contribution is 5.99. The van der Waals surface area contributed by atoms with E-state index >= 15 is 0 Å². The van der Waals surface area contributed by atoms with Gasteiger partial charge >= 0.3 is 0 Å². The van der Waals surface area contributed by atoms with Crippen LogP contribution in [0.1, 0.15) is 27.7 Å². The van der Waals surface area contributed by atoms with E-state index in [0.29, 0.717) is 17.9 Å². The van der Waals surface area contributed by atoms with E-state index in [-0.39, 0.29) is 5.91 Å². The second-order valence-electron chi connectivity index (χ2n) is 4.62. The van der Waals surface area contributed by atoms with Crippen molar-refractivity contribution in [2.75, 3.05) is 19.4 Å². The molecule has 0 unspecified atom stereocenters. The SMILES string of the molecule is CNc1cc(C)ncc1C(=O)N(C)Cc1n[nH]c(C)n1. The molecule has 0 bridgehead atoms. The summed E-state index contributed by atoms with van der Waals surface area (Å²) in [6, 6.07) is 1.85. The molecule has 1 amide bonds. The number of aromatic nitrogens is 4. The molecule has 2 aromatic heterocycles. The van der Waals surface area contributed by atoms with E-state index in [4.69, 9.17) is 0 Å². The van der Waals surface area contributed by atoms with E-state index in [1.54, 1.807) is 25.2 Å². The summed E-state index contributed by atoms with van der Waals surface area (Å²) >= 11 is 0. The molecular formula is C13H18N6O. The van der Waals surface area contributed by atoms with Gasteiger partial charge in [-0.1, -0.05) is 0 Å². The van der Waals surface area contributed by atoms with E-state index < -0.39 is 0 Å². The maximum Gasteiger partial charge on any atom is 0.257 e. The third-order valence-corrected chi connectivity index (χ3v) is 2.91. The molecule has 0 saturated carbocycles. The van der Waals surface area contributed by atoms with Crippen LogP contribution in [-0.4, -0.2) is 45.1 Å². The molecule has 0 radical (unpaired) electrons. The number of pyridine rings is 1. The monoisotopic (exact) mass is 274 g/mol. The number of carbonyl (C=O) groups excluding carboxylic acids is 1. The standard InChI is InChI=1S/C13H18N6O/c1-8-5-11(14-3)10(6-15-8)13(20)19(4)7-12-16-9(2)17-18-12/h5-6H,7H2,1-4H3,(H,14,15)(H,16,17,18). The zero-order valence-electron chi connectivity index (χ0n) is 12.1. The van der Waals surface area contributed by atoms with Crippen LogP contribution in [0.5, 0.6) is 0 Å². The van der Waals surface area contributed by atoms with E-state index in [1.165, 1.54) is 0 Å². The van der Waals surface area contributed by atoms with Crippen molar-refractivity contribution in [3.8, 4) is 0 Å². The number of aryl methyl sites for hydroxylation is 2. The number of anilines is 1. The second-order valence-corrected chi connectivity index (χ2v) is 4.62. The first-order chi connectivity index (χ1) is 9.51. The highest BCUT2D eigenvalue weighted by Gasteiger charge is 2.17. The number of nitrogens with zero attached hydrogens (tertiary/aromatic N) is 4. The van der Waals surface area contributed by atoms with Crippen LogP contribution in [0.4, 0.5) is 5.69 Å². The molecule has 0 atom stereocenters. The molecule has 0 aliphatic heterocycles. The van der Waals surface area contributed by atoms with Gasteiger partial charge in [0.05, 0.1) is 17.8 Å². The average molecular weight is 274 g/mol. The number of rotatable bonds is 4. The summed E-state index contributed by atoms with van der Waals surface area (Å²) in [5.41, 5.74) is 2.16. The summed E-state index contributed by atoms with van der Waals surface area (Å²) in [6.45, 7) is 4.05. The maximum absolute atomic E-state index is 12.4. The van der Waals surface area contributed by atoms with Crippen LogP contribution in [0, 0.1) is 13.8 Å². The smallest absolute Gasteiger partial charge is 0.257 e. The molecule has 2 N–H and O–H groups in total. The summed E-state index contributed by atoms with van der Waals surface area (Å²) in [5, 5.41) is 9.80. The van der Waals surface area contributed by atoms with Crippen LogP contribution >= 0.6 is 0 Å². The number of H-pyrrole nitrogens is 1. The Morgan fingerprint density at radius 1 is 1.45 bits per heavy atom. The van der Waals surface area contributed by atoms with Crippen LogP contribution in [0.3, 0.4) is 0 Å². The third-order valence-electron chi connectivity index (χ3n) is 2.91. The minimum Gasteiger partial charge on any atom is -0.387 e. The molecule has 0 spiro atoms. The minimum atomic E-state index is -0.121. The molecule has 0 aliphatic carbocycles. The number of aromatic amines is 1. The summed E-state index contributed by atoms with van der Waals surface area (Å²) in [6.07, 6.45) is 1.59. The fourth-order valence-electron chi connectivity index (χ4n) is 1.89. The average Bonchev–Trinajstić information content (AvgIpc) is 2.83. The Morgan fingerprint density at radius 3 is 2.80 bits per heavy atom. The maximum atomic E-state index is 12.4. The van der Waals surface area contributed by atoms with E-state index in [9.17, 15) is 4.79 Å². The van der Waals surface area contributed by atoms with Crippen LogP contribution < -0.4 is 5.32 Å². The number of hydrogen-bond acceptors (Lipinski definition) is 5. The first-order valence-electron chi connectivity index (χ1n) is 6.29. The Kier molecular flexibility index (Phi) is 3.97. The summed E-state index contributed by atoms with van der Waals surface area (Å²) < 4.78 is 0. The Morgan fingerprint density at radius 2 is 2.20 bits per heavy atom. The van der Waals surface area contributed by atoms with Crippen molar-refractivity contribution < 1.29 is 4.79 Å². The van der Waals surface area contributed by atoms with E-state index in [1.807, 2.05) is 19.9 Å². The van der Waals surface area contributed by atoms with Gasteiger partial charge in [-0.3, -0.25) is 14.9 Å². The number of nitrogens with one attached hydrogen (secondary N) is 2. The molecule has 20 heavy (non-hydrogen) atoms. The summed E-state index contributed by atoms with van der Waals surface area (Å²) in [5.74, 6) is 1.20. The normalized spacial score (nSPS) is 10.4. The first-order valence-corrected chi connectivity index (χ1v) is 6.29. The van der Waals surface area contributed by atoms with E-state index in [2.05, 4.69) is 25.5 Å². The molecular weight excluding hydrogens is 256 g/mol. The first kappa shape index (κ1) is 14.0. The highest BCUT2D eigenvalue weighted by atomic mass is 16.2. The molecule has 7 heteroatoms. The Hall–Kier alpha value is -2.44. The highest BCUT2D eigenvalue weighted by Crippen LogP contribution is 2.17. The van der Waals surface area contributed by atoms with Gasteiger partial charge in [-0.2, -0.15) is 5.10 Å². The molecule has 2 heterocycles. The van der Waals surface area contributed by atoms with Gasteiger partial charge in [-0.05, 0) is 19.9 Å². The fourth-order valence-corrected chi connectivity index (χ4v) is 1.89. The largest absolute Gasteiger partial charge is 0.387 e. The lowest BCUT2D eigenvalue weighted by molar-refractivity contribution is 0.0782. The van der Waals surface area contributed by atoms with Crippen LogP contribution in [0.25, 0.3) is 0 Å². The van der Waals surface area contributed by atoms with E-state index in [0.717, 1.165) is 17.2 Å². The van der Waals surface area contributed by atoms with Gasteiger partial charge in [0, 0.05) is 26.0 Å². The molecule has 2 aromatic rings. The molecule has 0 saturated heterocycles. The van der Waals surface area contributed by atoms with Crippen molar-refractivity contribution in [1.82, 2.24) is 25.1 Å². The molecule has 7 nitrogen and oxygen atoms in total. The Balaban J connectivity index is 2.18. The van der Waals surface area contributed by atoms with Crippen molar-refractivity contribution in [2.24, 2.45) is 0 Å². The second kappa shape index (κ2) is 5.68. The Labute approximate surface area is 117 Å². The molecule has 106 valence electrons. The molecule has 0 aromatic carbocycles. The lowest BCUT2D eigenvalue weighted by Gasteiger charge is -2.17. The quantitative estimate of drug-likeness (QED) is 0.872. The van der Waals surface area contributed by atoms with Gasteiger partial charge in [-0.15, -0.1) is 0 Å². The van der Waals surface area contributed by atoms with Crippen LogP contribution in [0.2, 0.25) is 0 Å². The lowest BCUT2D eigenvalue weighted by atomic mass is 10.2. The molecule has 2 rings (SSSR count). The predicted molar refractivity (Wildman–Crippen MR) is 75.4 cm³/mol. The lowest BCUT2D eigenvalue weighted by Crippen LogP contribution is -2.27.